The fourth-order valence-corrected chi connectivity index (χ4v) is 2.54. The third-order valence-electron chi connectivity index (χ3n) is 3.91. The van der Waals surface area contributed by atoms with Gasteiger partial charge in [-0.05, 0) is 18.4 Å². The van der Waals surface area contributed by atoms with Gasteiger partial charge in [-0.3, -0.25) is 4.79 Å². The van der Waals surface area contributed by atoms with Crippen LogP contribution < -0.4 is 15.7 Å². The number of nitrogens with one attached hydrogen (secondary N) is 2. The maximum absolute atomic E-state index is 12.3. The van der Waals surface area contributed by atoms with Crippen LogP contribution >= 0.6 is 0 Å². The Morgan fingerprint density at radius 3 is 2.52 bits per heavy atom. The number of H-pyrrole nitrogens is 1. The molecule has 0 saturated heterocycles. The molecule has 0 aliphatic heterocycles. The lowest BCUT2D eigenvalue weighted by molar-refractivity contribution is -0.125. The largest absolute Gasteiger partial charge is 0.467 e. The number of carbonyl (C=O) groups excluding carboxylic acids is 1. The molecule has 23 heavy (non-hydrogen) atoms. The number of aromatic nitrogens is 2. The van der Waals surface area contributed by atoms with E-state index in [1.807, 2.05) is 44.2 Å². The van der Waals surface area contributed by atoms with E-state index in [1.165, 1.54) is 12.3 Å². The van der Waals surface area contributed by atoms with Gasteiger partial charge in [-0.15, -0.1) is 0 Å². The number of aromatic amines is 1. The van der Waals surface area contributed by atoms with Gasteiger partial charge in [0.25, 0.3) is 5.91 Å². The lowest BCUT2D eigenvalue weighted by atomic mass is 9.84. The van der Waals surface area contributed by atoms with E-state index < -0.39 is 11.2 Å². The van der Waals surface area contributed by atoms with E-state index in [4.69, 9.17) is 4.74 Å². The summed E-state index contributed by atoms with van der Waals surface area (Å²) in [6, 6.07) is 11.4. The van der Waals surface area contributed by atoms with Gasteiger partial charge >= 0.3 is 5.69 Å². The van der Waals surface area contributed by atoms with Crippen molar-refractivity contribution in [3.8, 4) is 5.88 Å². The van der Waals surface area contributed by atoms with Crippen LogP contribution in [-0.4, -0.2) is 22.5 Å². The second-order valence-corrected chi connectivity index (χ2v) is 5.22. The average molecular weight is 315 g/mol. The summed E-state index contributed by atoms with van der Waals surface area (Å²) in [5.74, 6) is -0.123. The monoisotopic (exact) mass is 315 g/mol. The zero-order valence-electron chi connectivity index (χ0n) is 13.3. The van der Waals surface area contributed by atoms with Gasteiger partial charge in [0.2, 0.25) is 5.88 Å². The number of hydrogen-bond acceptors (Lipinski definition) is 4. The zero-order valence-corrected chi connectivity index (χ0v) is 13.3. The van der Waals surface area contributed by atoms with Crippen molar-refractivity contribution in [3.63, 3.8) is 0 Å². The van der Waals surface area contributed by atoms with Gasteiger partial charge in [-0.2, -0.15) is 4.98 Å². The fraction of sp³-hybridized carbons (Fsp3) is 0.353. The van der Waals surface area contributed by atoms with E-state index in [0.717, 1.165) is 18.4 Å². The smallest absolute Gasteiger partial charge is 0.348 e. The quantitative estimate of drug-likeness (QED) is 0.818. The molecule has 0 fully saturated rings. The molecule has 2 aromatic rings. The molecule has 0 spiro atoms. The number of nitrogens with zero attached hydrogens (tertiary/aromatic N) is 1. The molecule has 122 valence electrons. The predicted molar refractivity (Wildman–Crippen MR) is 87.2 cm³/mol. The Bertz CT molecular complexity index is 693. The van der Waals surface area contributed by atoms with Gasteiger partial charge in [-0.1, -0.05) is 44.2 Å². The van der Waals surface area contributed by atoms with Crippen molar-refractivity contribution in [2.75, 3.05) is 6.61 Å². The molecule has 0 radical (unpaired) electrons. The molecule has 0 unspecified atom stereocenters. The van der Waals surface area contributed by atoms with Crippen LogP contribution in [0.25, 0.3) is 0 Å². The Morgan fingerprint density at radius 2 is 1.91 bits per heavy atom. The van der Waals surface area contributed by atoms with Gasteiger partial charge in [0, 0.05) is 12.3 Å². The highest BCUT2D eigenvalue weighted by Crippen LogP contribution is 2.28. The Labute approximate surface area is 134 Å². The standard InChI is InChI=1S/C17H21N3O3/c1-3-17(4-2,13-8-6-5-7-9-13)20-14(21)12-23-15-10-11-18-16(22)19-15/h5-11H,3-4,12H2,1-2H3,(H,20,21)(H,18,19,22). The zero-order chi connectivity index (χ0) is 16.7. The number of benzene rings is 1. The molecule has 6 nitrogen and oxygen atoms in total. The number of hydrogen-bond donors (Lipinski definition) is 2. The average Bonchev–Trinajstić information content (AvgIpc) is 2.59. The van der Waals surface area contributed by atoms with Crippen LogP contribution in [0.15, 0.2) is 47.4 Å². The van der Waals surface area contributed by atoms with Crippen LogP contribution in [0.2, 0.25) is 0 Å². The van der Waals surface area contributed by atoms with Crippen molar-refractivity contribution >= 4 is 5.91 Å². The summed E-state index contributed by atoms with van der Waals surface area (Å²) in [6.45, 7) is 3.89. The lowest BCUT2D eigenvalue weighted by Gasteiger charge is -2.33. The first-order valence-electron chi connectivity index (χ1n) is 7.64. The van der Waals surface area contributed by atoms with Gasteiger partial charge in [-0.25, -0.2) is 4.79 Å². The summed E-state index contributed by atoms with van der Waals surface area (Å²) in [5.41, 5.74) is 0.125. The second kappa shape index (κ2) is 7.58. The van der Waals surface area contributed by atoms with Crippen molar-refractivity contribution in [2.24, 2.45) is 0 Å². The topological polar surface area (TPSA) is 84.1 Å². The van der Waals surface area contributed by atoms with Crippen LogP contribution in [0, 0.1) is 0 Å². The molecular formula is C17H21N3O3. The Kier molecular flexibility index (Phi) is 5.51. The highest BCUT2D eigenvalue weighted by Gasteiger charge is 2.30. The van der Waals surface area contributed by atoms with E-state index >= 15 is 0 Å². The maximum Gasteiger partial charge on any atom is 0.348 e. The third-order valence-corrected chi connectivity index (χ3v) is 3.91. The number of ether oxygens (including phenoxy) is 1. The SMILES string of the molecule is CCC(CC)(NC(=O)COc1cc[nH]c(=O)n1)c1ccccc1. The molecule has 1 aromatic heterocycles. The minimum Gasteiger partial charge on any atom is -0.467 e. The van der Waals surface area contributed by atoms with Gasteiger partial charge in [0.05, 0.1) is 5.54 Å². The van der Waals surface area contributed by atoms with Crippen molar-refractivity contribution < 1.29 is 9.53 Å². The minimum absolute atomic E-state index is 0.127. The summed E-state index contributed by atoms with van der Waals surface area (Å²) in [4.78, 5) is 29.4. The summed E-state index contributed by atoms with van der Waals surface area (Å²) in [5, 5.41) is 3.05. The summed E-state index contributed by atoms with van der Waals surface area (Å²) >= 11 is 0. The first-order chi connectivity index (χ1) is 11.1. The molecule has 2 rings (SSSR count). The van der Waals surface area contributed by atoms with E-state index in [2.05, 4.69) is 15.3 Å². The number of amides is 1. The van der Waals surface area contributed by atoms with Crippen molar-refractivity contribution in [1.82, 2.24) is 15.3 Å². The summed E-state index contributed by atoms with van der Waals surface area (Å²) in [7, 11) is 0. The molecule has 0 aliphatic carbocycles. The van der Waals surface area contributed by atoms with Gasteiger partial charge in [0.1, 0.15) is 0 Å². The van der Waals surface area contributed by atoms with Crippen molar-refractivity contribution in [1.29, 1.82) is 0 Å². The fourth-order valence-electron chi connectivity index (χ4n) is 2.54. The second-order valence-electron chi connectivity index (χ2n) is 5.22. The molecule has 1 heterocycles. The van der Waals surface area contributed by atoms with Crippen LogP contribution in [0.1, 0.15) is 32.3 Å². The Balaban J connectivity index is 2.05. The number of rotatable bonds is 7. The molecule has 1 amide bonds. The van der Waals surface area contributed by atoms with Crippen molar-refractivity contribution in [3.05, 3.63) is 58.6 Å². The van der Waals surface area contributed by atoms with Crippen LogP contribution in [0.3, 0.4) is 0 Å². The molecule has 6 heteroatoms. The highest BCUT2D eigenvalue weighted by molar-refractivity contribution is 5.78. The van der Waals surface area contributed by atoms with E-state index in [-0.39, 0.29) is 18.4 Å². The molecule has 0 bridgehead atoms. The van der Waals surface area contributed by atoms with E-state index in [9.17, 15) is 9.59 Å². The van der Waals surface area contributed by atoms with E-state index in [1.54, 1.807) is 0 Å². The molecular weight excluding hydrogens is 294 g/mol. The van der Waals surface area contributed by atoms with Crippen molar-refractivity contribution in [2.45, 2.75) is 32.2 Å². The maximum atomic E-state index is 12.3. The molecule has 0 atom stereocenters. The first-order valence-corrected chi connectivity index (χ1v) is 7.64. The normalized spacial score (nSPS) is 11.0. The third kappa shape index (κ3) is 4.18. The molecule has 0 saturated carbocycles. The summed E-state index contributed by atoms with van der Waals surface area (Å²) in [6.07, 6.45) is 2.96. The van der Waals surface area contributed by atoms with Crippen LogP contribution in [-0.2, 0) is 10.3 Å². The lowest BCUT2D eigenvalue weighted by Crippen LogP contribution is -2.47. The number of carbonyl (C=O) groups is 1. The highest BCUT2D eigenvalue weighted by atomic mass is 16.5. The Hall–Kier alpha value is -2.63. The minimum atomic E-state index is -0.511. The van der Waals surface area contributed by atoms with Crippen LogP contribution in [0.5, 0.6) is 5.88 Å². The van der Waals surface area contributed by atoms with Crippen LogP contribution in [0.4, 0.5) is 0 Å². The molecule has 2 N–H and O–H groups in total. The van der Waals surface area contributed by atoms with E-state index in [0.29, 0.717) is 0 Å². The van der Waals surface area contributed by atoms with Gasteiger partial charge in [0.15, 0.2) is 6.61 Å². The van der Waals surface area contributed by atoms with Gasteiger partial charge < -0.3 is 15.0 Å². The molecule has 0 aliphatic rings. The summed E-state index contributed by atoms with van der Waals surface area (Å²) < 4.78 is 5.28. The Morgan fingerprint density at radius 1 is 1.22 bits per heavy atom. The molecule has 1 aromatic carbocycles. The predicted octanol–water partition coefficient (Wildman–Crippen LogP) is 1.98. The first kappa shape index (κ1) is 16.7.